The number of carbonyl (C=O) groups is 2. The molecule has 0 saturated carbocycles. The van der Waals surface area contributed by atoms with Gasteiger partial charge in [-0.15, -0.1) is 0 Å². The standard InChI is InChI=1S/C11H15BrN2.C4H4O4/c1-8(13)7-14-5-4-9-2-3-10(12)6-11(9)14;5-3(6)1-2-4(7)8/h2-3,6,8H,4-5,7,13H2,1H3;1-2H,(H,5,6)(H,7,8). The lowest BCUT2D eigenvalue weighted by Crippen LogP contribution is -2.34. The highest BCUT2D eigenvalue weighted by Crippen LogP contribution is 2.30. The molecule has 0 spiro atoms. The molecule has 0 aromatic heterocycles. The van der Waals surface area contributed by atoms with Crippen molar-refractivity contribution in [3.63, 3.8) is 0 Å². The van der Waals surface area contributed by atoms with Crippen molar-refractivity contribution in [1.29, 1.82) is 0 Å². The number of hydrogen-bond donors (Lipinski definition) is 3. The third-order valence-electron chi connectivity index (χ3n) is 2.92. The van der Waals surface area contributed by atoms with Crippen molar-refractivity contribution in [2.24, 2.45) is 5.73 Å². The summed E-state index contributed by atoms with van der Waals surface area (Å²) < 4.78 is 1.15. The molecule has 0 bridgehead atoms. The zero-order valence-electron chi connectivity index (χ0n) is 12.2. The number of benzene rings is 1. The highest BCUT2D eigenvalue weighted by atomic mass is 79.9. The van der Waals surface area contributed by atoms with Gasteiger partial charge < -0.3 is 20.8 Å². The fourth-order valence-corrected chi connectivity index (χ4v) is 2.45. The first-order valence-corrected chi connectivity index (χ1v) is 7.51. The maximum absolute atomic E-state index is 9.55. The van der Waals surface area contributed by atoms with E-state index in [1.165, 1.54) is 11.3 Å². The van der Waals surface area contributed by atoms with Gasteiger partial charge >= 0.3 is 11.9 Å². The summed E-state index contributed by atoms with van der Waals surface area (Å²) in [5, 5.41) is 15.6. The summed E-state index contributed by atoms with van der Waals surface area (Å²) >= 11 is 3.50. The second-order valence-electron chi connectivity index (χ2n) is 4.96. The number of halogens is 1. The number of carboxylic acid groups (broad SMARTS) is 2. The van der Waals surface area contributed by atoms with E-state index in [1.807, 2.05) is 0 Å². The number of rotatable bonds is 4. The zero-order chi connectivity index (χ0) is 16.7. The van der Waals surface area contributed by atoms with Crippen LogP contribution in [0.5, 0.6) is 0 Å². The Labute approximate surface area is 137 Å². The van der Waals surface area contributed by atoms with E-state index in [9.17, 15) is 9.59 Å². The normalized spacial score (nSPS) is 14.2. The van der Waals surface area contributed by atoms with Crippen LogP contribution in [0.25, 0.3) is 0 Å². The van der Waals surface area contributed by atoms with Crippen LogP contribution in [-0.4, -0.2) is 41.3 Å². The highest BCUT2D eigenvalue weighted by molar-refractivity contribution is 9.10. The third kappa shape index (κ3) is 6.28. The van der Waals surface area contributed by atoms with Gasteiger partial charge in [0.05, 0.1) is 0 Å². The summed E-state index contributed by atoms with van der Waals surface area (Å²) in [5.74, 6) is -2.51. The first kappa shape index (κ1) is 18.2. The molecule has 1 aliphatic heterocycles. The molecule has 2 rings (SSSR count). The van der Waals surface area contributed by atoms with Crippen LogP contribution >= 0.6 is 15.9 Å². The largest absolute Gasteiger partial charge is 0.478 e. The second kappa shape index (κ2) is 8.55. The maximum atomic E-state index is 9.55. The number of fused-ring (bicyclic) bond motifs is 1. The minimum absolute atomic E-state index is 0.236. The molecule has 6 nitrogen and oxygen atoms in total. The van der Waals surface area contributed by atoms with E-state index in [0.29, 0.717) is 12.2 Å². The average Bonchev–Trinajstić information content (AvgIpc) is 2.79. The maximum Gasteiger partial charge on any atom is 0.328 e. The third-order valence-corrected chi connectivity index (χ3v) is 3.41. The first-order valence-electron chi connectivity index (χ1n) is 6.72. The molecule has 22 heavy (non-hydrogen) atoms. The fourth-order valence-electron chi connectivity index (χ4n) is 2.10. The number of nitrogens with two attached hydrogens (primary N) is 1. The van der Waals surface area contributed by atoms with Gasteiger partial charge in [-0.2, -0.15) is 0 Å². The van der Waals surface area contributed by atoms with Crippen LogP contribution < -0.4 is 10.6 Å². The Hall–Kier alpha value is -1.86. The van der Waals surface area contributed by atoms with Crippen molar-refractivity contribution in [1.82, 2.24) is 0 Å². The lowest BCUT2D eigenvalue weighted by molar-refractivity contribution is -0.134. The molecular formula is C15H19BrN2O4. The van der Waals surface area contributed by atoms with Gasteiger partial charge in [-0.1, -0.05) is 22.0 Å². The van der Waals surface area contributed by atoms with Gasteiger partial charge in [0.2, 0.25) is 0 Å². The Bertz CT molecular complexity index is 557. The number of carboxylic acids is 2. The summed E-state index contributed by atoms with van der Waals surface area (Å²) in [5.41, 5.74) is 8.60. The molecule has 1 atom stereocenters. The number of nitrogens with zero attached hydrogens (tertiary/aromatic N) is 1. The lowest BCUT2D eigenvalue weighted by atomic mass is 10.2. The van der Waals surface area contributed by atoms with Gasteiger partial charge in [-0.25, -0.2) is 9.59 Å². The van der Waals surface area contributed by atoms with E-state index < -0.39 is 11.9 Å². The van der Waals surface area contributed by atoms with Gasteiger partial charge in [0.25, 0.3) is 0 Å². The second-order valence-corrected chi connectivity index (χ2v) is 5.87. The summed E-state index contributed by atoms with van der Waals surface area (Å²) in [6.07, 6.45) is 2.26. The summed E-state index contributed by atoms with van der Waals surface area (Å²) in [6.45, 7) is 4.10. The number of hydrogen-bond acceptors (Lipinski definition) is 4. The zero-order valence-corrected chi connectivity index (χ0v) is 13.8. The predicted molar refractivity (Wildman–Crippen MR) is 88.1 cm³/mol. The van der Waals surface area contributed by atoms with Crippen LogP contribution in [0.1, 0.15) is 12.5 Å². The molecule has 0 aliphatic carbocycles. The monoisotopic (exact) mass is 370 g/mol. The van der Waals surface area contributed by atoms with Crippen molar-refractivity contribution in [2.45, 2.75) is 19.4 Å². The Morgan fingerprint density at radius 3 is 2.45 bits per heavy atom. The molecule has 0 fully saturated rings. The van der Waals surface area contributed by atoms with Crippen molar-refractivity contribution in [2.75, 3.05) is 18.0 Å². The topological polar surface area (TPSA) is 104 Å². The molecule has 7 heteroatoms. The Kier molecular flexibility index (Phi) is 7.07. The Morgan fingerprint density at radius 1 is 1.36 bits per heavy atom. The van der Waals surface area contributed by atoms with E-state index in [4.69, 9.17) is 15.9 Å². The van der Waals surface area contributed by atoms with Gasteiger partial charge in [0.15, 0.2) is 0 Å². The molecule has 0 amide bonds. The summed E-state index contributed by atoms with van der Waals surface area (Å²) in [6, 6.07) is 6.72. The predicted octanol–water partition coefficient (Wildman–Crippen LogP) is 1.87. The number of anilines is 1. The van der Waals surface area contributed by atoms with E-state index in [2.05, 4.69) is 46.0 Å². The van der Waals surface area contributed by atoms with Gasteiger partial charge in [0.1, 0.15) is 0 Å². The minimum Gasteiger partial charge on any atom is -0.478 e. The van der Waals surface area contributed by atoms with Crippen LogP contribution in [0.3, 0.4) is 0 Å². The van der Waals surface area contributed by atoms with Crippen molar-refractivity contribution < 1.29 is 19.8 Å². The lowest BCUT2D eigenvalue weighted by Gasteiger charge is -2.21. The van der Waals surface area contributed by atoms with Gasteiger partial charge in [-0.3, -0.25) is 0 Å². The van der Waals surface area contributed by atoms with Crippen LogP contribution in [-0.2, 0) is 16.0 Å². The molecule has 1 heterocycles. The number of aliphatic carboxylic acids is 2. The van der Waals surface area contributed by atoms with Crippen molar-refractivity contribution in [3.05, 3.63) is 40.4 Å². The molecule has 0 radical (unpaired) electrons. The minimum atomic E-state index is -1.26. The van der Waals surface area contributed by atoms with Gasteiger partial charge in [-0.05, 0) is 31.0 Å². The molecule has 1 unspecified atom stereocenters. The SMILES string of the molecule is CC(N)CN1CCc2ccc(Br)cc21.O=C(O)C=CC(=O)O. The fraction of sp³-hybridized carbons (Fsp3) is 0.333. The Morgan fingerprint density at radius 2 is 1.95 bits per heavy atom. The van der Waals surface area contributed by atoms with E-state index in [-0.39, 0.29) is 6.04 Å². The molecule has 0 saturated heterocycles. The van der Waals surface area contributed by atoms with E-state index in [1.54, 1.807) is 0 Å². The average molecular weight is 371 g/mol. The molecule has 120 valence electrons. The van der Waals surface area contributed by atoms with Crippen LogP contribution in [0.2, 0.25) is 0 Å². The van der Waals surface area contributed by atoms with Crippen molar-refractivity contribution in [3.8, 4) is 0 Å². The molecule has 4 N–H and O–H groups in total. The summed E-state index contributed by atoms with van der Waals surface area (Å²) in [7, 11) is 0. The molecule has 1 aliphatic rings. The van der Waals surface area contributed by atoms with Crippen molar-refractivity contribution >= 4 is 33.6 Å². The van der Waals surface area contributed by atoms with Crippen LogP contribution in [0.4, 0.5) is 5.69 Å². The van der Waals surface area contributed by atoms with Crippen LogP contribution in [0.15, 0.2) is 34.8 Å². The quantitative estimate of drug-likeness (QED) is 0.698. The highest BCUT2D eigenvalue weighted by Gasteiger charge is 2.19. The molecule has 1 aromatic rings. The molecular weight excluding hydrogens is 352 g/mol. The summed E-state index contributed by atoms with van der Waals surface area (Å²) in [4.78, 5) is 21.5. The first-order chi connectivity index (χ1) is 10.3. The molecule has 1 aromatic carbocycles. The van der Waals surface area contributed by atoms with E-state index in [0.717, 1.165) is 24.0 Å². The van der Waals surface area contributed by atoms with Gasteiger partial charge in [0, 0.05) is 41.4 Å². The van der Waals surface area contributed by atoms with Crippen LogP contribution in [0, 0.1) is 0 Å². The van der Waals surface area contributed by atoms with E-state index >= 15 is 0 Å². The smallest absolute Gasteiger partial charge is 0.328 e. The Balaban J connectivity index is 0.000000261.